The average molecular weight is 306 g/mol. The molecule has 3 N–H and O–H groups in total. The summed E-state index contributed by atoms with van der Waals surface area (Å²) in [4.78, 5) is 35.4. The highest BCUT2D eigenvalue weighted by atomic mass is 16.4. The summed E-state index contributed by atoms with van der Waals surface area (Å²) in [5, 5.41) is 14.5. The predicted octanol–water partition coefficient (Wildman–Crippen LogP) is 2.27. The van der Waals surface area contributed by atoms with E-state index in [2.05, 4.69) is 10.6 Å². The molecule has 0 unspecified atom stereocenters. The first kappa shape index (κ1) is 17.7. The van der Waals surface area contributed by atoms with E-state index in [-0.39, 0.29) is 12.3 Å². The molecular weight excluding hydrogens is 284 g/mol. The fourth-order valence-corrected chi connectivity index (χ4v) is 2.30. The highest BCUT2D eigenvalue weighted by Crippen LogP contribution is 2.31. The minimum absolute atomic E-state index is 0.128. The summed E-state index contributed by atoms with van der Waals surface area (Å²) in [6.45, 7) is 3.51. The molecule has 0 saturated heterocycles. The molecule has 0 heterocycles. The quantitative estimate of drug-likeness (QED) is 0.720. The fraction of sp³-hybridized carbons (Fsp3) is 0.438. The van der Waals surface area contributed by atoms with E-state index in [1.54, 1.807) is 38.1 Å². The van der Waals surface area contributed by atoms with Crippen LogP contribution in [-0.4, -0.2) is 29.9 Å². The minimum atomic E-state index is -1.08. The van der Waals surface area contributed by atoms with E-state index in [0.717, 1.165) is 0 Å². The van der Waals surface area contributed by atoms with Crippen molar-refractivity contribution in [1.82, 2.24) is 5.32 Å². The van der Waals surface area contributed by atoms with Crippen LogP contribution in [0.4, 0.5) is 5.69 Å². The minimum Gasteiger partial charge on any atom is -0.481 e. The molecular formula is C16H22N2O4. The summed E-state index contributed by atoms with van der Waals surface area (Å²) >= 11 is 0. The molecule has 0 fully saturated rings. The summed E-state index contributed by atoms with van der Waals surface area (Å²) in [6, 6.07) is 6.60. The van der Waals surface area contributed by atoms with E-state index in [0.29, 0.717) is 24.1 Å². The summed E-state index contributed by atoms with van der Waals surface area (Å²) < 4.78 is 0. The fourth-order valence-electron chi connectivity index (χ4n) is 2.30. The lowest BCUT2D eigenvalue weighted by Gasteiger charge is -2.26. The van der Waals surface area contributed by atoms with Gasteiger partial charge in [0, 0.05) is 13.5 Å². The van der Waals surface area contributed by atoms with Crippen LogP contribution in [0.2, 0.25) is 0 Å². The van der Waals surface area contributed by atoms with Crippen molar-refractivity contribution in [2.75, 3.05) is 12.4 Å². The number of carbonyl (C=O) groups is 3. The lowest BCUT2D eigenvalue weighted by Crippen LogP contribution is -2.34. The monoisotopic (exact) mass is 306 g/mol. The third-order valence-electron chi connectivity index (χ3n) is 3.98. The van der Waals surface area contributed by atoms with Crippen molar-refractivity contribution in [3.8, 4) is 0 Å². The summed E-state index contributed by atoms with van der Waals surface area (Å²) in [5.74, 6) is -1.71. The largest absolute Gasteiger partial charge is 0.481 e. The Kier molecular flexibility index (Phi) is 6.10. The van der Waals surface area contributed by atoms with Gasteiger partial charge in [-0.25, -0.2) is 0 Å². The van der Waals surface area contributed by atoms with Crippen molar-refractivity contribution in [3.05, 3.63) is 29.8 Å². The van der Waals surface area contributed by atoms with E-state index >= 15 is 0 Å². The van der Waals surface area contributed by atoms with Crippen molar-refractivity contribution in [2.45, 2.75) is 33.1 Å². The lowest BCUT2D eigenvalue weighted by atomic mass is 9.79. The molecule has 0 radical (unpaired) electrons. The van der Waals surface area contributed by atoms with Crippen LogP contribution in [0.1, 0.15) is 43.5 Å². The average Bonchev–Trinajstić information content (AvgIpc) is 2.52. The van der Waals surface area contributed by atoms with Gasteiger partial charge in [-0.05, 0) is 25.0 Å². The molecule has 0 aliphatic rings. The summed E-state index contributed by atoms with van der Waals surface area (Å²) in [5.41, 5.74) is -0.364. The summed E-state index contributed by atoms with van der Waals surface area (Å²) in [7, 11) is 1.50. The molecule has 22 heavy (non-hydrogen) atoms. The highest BCUT2D eigenvalue weighted by Gasteiger charge is 2.37. The number of hydrogen-bond acceptors (Lipinski definition) is 3. The zero-order valence-corrected chi connectivity index (χ0v) is 13.1. The van der Waals surface area contributed by atoms with E-state index < -0.39 is 17.3 Å². The second-order valence-corrected chi connectivity index (χ2v) is 5.14. The second-order valence-electron chi connectivity index (χ2n) is 5.14. The Morgan fingerprint density at radius 2 is 1.73 bits per heavy atom. The Labute approximate surface area is 129 Å². The molecule has 0 aromatic heterocycles. The normalized spacial score (nSPS) is 10.9. The van der Waals surface area contributed by atoms with Crippen LogP contribution in [0.5, 0.6) is 0 Å². The number of benzene rings is 1. The van der Waals surface area contributed by atoms with Gasteiger partial charge in [-0.1, -0.05) is 26.0 Å². The van der Waals surface area contributed by atoms with Crippen molar-refractivity contribution in [1.29, 1.82) is 0 Å². The zero-order valence-electron chi connectivity index (χ0n) is 13.1. The molecule has 1 rings (SSSR count). The molecule has 1 aromatic carbocycles. The molecule has 0 aliphatic heterocycles. The van der Waals surface area contributed by atoms with Crippen LogP contribution in [0.15, 0.2) is 24.3 Å². The third kappa shape index (κ3) is 3.84. The van der Waals surface area contributed by atoms with Crippen LogP contribution < -0.4 is 10.6 Å². The van der Waals surface area contributed by atoms with Crippen molar-refractivity contribution < 1.29 is 19.5 Å². The Balaban J connectivity index is 2.94. The van der Waals surface area contributed by atoms with Crippen molar-refractivity contribution in [3.63, 3.8) is 0 Å². The van der Waals surface area contributed by atoms with E-state index in [9.17, 15) is 19.5 Å². The van der Waals surface area contributed by atoms with Crippen LogP contribution in [0.25, 0.3) is 0 Å². The Bertz CT molecular complexity index is 565. The molecule has 6 heteroatoms. The maximum Gasteiger partial charge on any atom is 0.310 e. The standard InChI is InChI=1S/C16H22N2O4/c1-4-16(5-2,15(21)22)10-13(19)18-12-9-7-6-8-11(12)14(20)17-3/h6-9H,4-5,10H2,1-3H3,(H,17,20)(H,18,19)(H,21,22). The van der Waals surface area contributed by atoms with E-state index in [1.165, 1.54) is 7.05 Å². The second kappa shape index (κ2) is 7.59. The first-order valence-corrected chi connectivity index (χ1v) is 7.24. The third-order valence-corrected chi connectivity index (χ3v) is 3.98. The Morgan fingerprint density at radius 3 is 2.23 bits per heavy atom. The number of carboxylic acid groups (broad SMARTS) is 1. The highest BCUT2D eigenvalue weighted by molar-refractivity contribution is 6.04. The van der Waals surface area contributed by atoms with Crippen LogP contribution in [0, 0.1) is 5.41 Å². The molecule has 0 aliphatic carbocycles. The molecule has 0 bridgehead atoms. The predicted molar refractivity (Wildman–Crippen MR) is 83.7 cm³/mol. The molecule has 0 spiro atoms. The van der Waals surface area contributed by atoms with Crippen molar-refractivity contribution in [2.24, 2.45) is 5.41 Å². The maximum atomic E-state index is 12.2. The van der Waals surface area contributed by atoms with Gasteiger partial charge in [0.05, 0.1) is 16.7 Å². The number of para-hydroxylation sites is 1. The van der Waals surface area contributed by atoms with Gasteiger partial charge in [-0.2, -0.15) is 0 Å². The summed E-state index contributed by atoms with van der Waals surface area (Å²) in [6.07, 6.45) is 0.601. The van der Waals surface area contributed by atoms with Crippen LogP contribution >= 0.6 is 0 Å². The maximum absolute atomic E-state index is 12.2. The lowest BCUT2D eigenvalue weighted by molar-refractivity contribution is -0.151. The molecule has 0 saturated carbocycles. The molecule has 120 valence electrons. The number of nitrogens with one attached hydrogen (secondary N) is 2. The smallest absolute Gasteiger partial charge is 0.310 e. The SMILES string of the molecule is CCC(CC)(CC(=O)Nc1ccccc1C(=O)NC)C(=O)O. The number of anilines is 1. The zero-order chi connectivity index (χ0) is 16.8. The van der Waals surface area contributed by atoms with Gasteiger partial charge in [0.1, 0.15) is 0 Å². The Hall–Kier alpha value is -2.37. The van der Waals surface area contributed by atoms with Gasteiger partial charge in [-0.3, -0.25) is 14.4 Å². The number of amides is 2. The first-order chi connectivity index (χ1) is 10.4. The Morgan fingerprint density at radius 1 is 1.14 bits per heavy atom. The van der Waals surface area contributed by atoms with Crippen molar-refractivity contribution >= 4 is 23.5 Å². The van der Waals surface area contributed by atoms with Crippen LogP contribution in [-0.2, 0) is 9.59 Å². The van der Waals surface area contributed by atoms with E-state index in [4.69, 9.17) is 0 Å². The van der Waals surface area contributed by atoms with Gasteiger partial charge in [0.2, 0.25) is 5.91 Å². The van der Waals surface area contributed by atoms with Crippen LogP contribution in [0.3, 0.4) is 0 Å². The number of carbonyl (C=O) groups excluding carboxylic acids is 2. The molecule has 0 atom stereocenters. The molecule has 2 amide bonds. The van der Waals surface area contributed by atoms with Gasteiger partial charge in [-0.15, -0.1) is 0 Å². The number of hydrogen-bond donors (Lipinski definition) is 3. The molecule has 6 nitrogen and oxygen atoms in total. The number of aliphatic carboxylic acids is 1. The van der Waals surface area contributed by atoms with Gasteiger partial charge >= 0.3 is 5.97 Å². The van der Waals surface area contributed by atoms with Gasteiger partial charge in [0.25, 0.3) is 5.91 Å². The molecule has 1 aromatic rings. The first-order valence-electron chi connectivity index (χ1n) is 7.24. The van der Waals surface area contributed by atoms with Gasteiger partial charge < -0.3 is 15.7 Å². The van der Waals surface area contributed by atoms with Gasteiger partial charge in [0.15, 0.2) is 0 Å². The number of carboxylic acids is 1. The topological polar surface area (TPSA) is 95.5 Å². The van der Waals surface area contributed by atoms with E-state index in [1.807, 2.05) is 0 Å². The number of rotatable bonds is 7.